The van der Waals surface area contributed by atoms with Crippen LogP contribution in [0.2, 0.25) is 5.15 Å². The molecule has 10 nitrogen and oxygen atoms in total. The quantitative estimate of drug-likeness (QED) is 0.194. The number of piperidine rings is 1. The third-order valence-corrected chi connectivity index (χ3v) is 8.21. The van der Waals surface area contributed by atoms with Crippen LogP contribution in [0.5, 0.6) is 5.75 Å². The van der Waals surface area contributed by atoms with Gasteiger partial charge < -0.3 is 35.9 Å². The number of unbranched alkanes of at least 4 members (excludes halogenated alkanes) is 1. The number of rotatable bonds is 12. The average molecular weight is 665 g/mol. The summed E-state index contributed by atoms with van der Waals surface area (Å²) >= 11 is 6.01. The Labute approximate surface area is 271 Å². The fourth-order valence-corrected chi connectivity index (χ4v) is 5.78. The molecule has 1 saturated heterocycles. The number of nitrogens with zero attached hydrogens (tertiary/aromatic N) is 3. The maximum Gasteiger partial charge on any atom is 0.430 e. The number of carboxylic acids is 1. The van der Waals surface area contributed by atoms with Crippen molar-refractivity contribution in [2.45, 2.75) is 57.2 Å². The number of hydrogen-bond donors (Lipinski definition) is 3. The Morgan fingerprint density at radius 2 is 1.59 bits per heavy atom. The second-order valence-electron chi connectivity index (χ2n) is 11.3. The first-order valence-electron chi connectivity index (χ1n) is 15.0. The van der Waals surface area contributed by atoms with Crippen LogP contribution < -0.4 is 26.6 Å². The van der Waals surface area contributed by atoms with E-state index in [2.05, 4.69) is 57.7 Å². The lowest BCUT2D eigenvalue weighted by molar-refractivity contribution is -0.933. The van der Waals surface area contributed by atoms with Crippen molar-refractivity contribution in [1.29, 1.82) is 0 Å². The van der Waals surface area contributed by atoms with Crippen molar-refractivity contribution in [1.82, 2.24) is 15.3 Å². The predicted octanol–water partition coefficient (Wildman–Crippen LogP) is 3.97. The summed E-state index contributed by atoms with van der Waals surface area (Å²) in [6, 6.07) is 19.0. The minimum absolute atomic E-state index is 0.00799. The molecule has 0 spiro atoms. The molecule has 2 heterocycles. The van der Waals surface area contributed by atoms with Gasteiger partial charge in [0, 0.05) is 6.42 Å². The summed E-state index contributed by atoms with van der Waals surface area (Å²) in [5, 5.41) is 11.9. The highest BCUT2D eigenvalue weighted by atomic mass is 35.5. The van der Waals surface area contributed by atoms with Gasteiger partial charge in [0.1, 0.15) is 11.7 Å². The van der Waals surface area contributed by atoms with Gasteiger partial charge in [0.15, 0.2) is 22.5 Å². The van der Waals surface area contributed by atoms with Crippen LogP contribution in [0.4, 0.5) is 24.8 Å². The Bertz CT molecular complexity index is 1430. The number of nitrogens with one attached hydrogen (secondary N) is 1. The molecule has 2 atom stereocenters. The Balaban J connectivity index is 0.000000738. The van der Waals surface area contributed by atoms with E-state index >= 15 is 0 Å². The molecule has 14 heteroatoms. The van der Waals surface area contributed by atoms with Crippen molar-refractivity contribution in [2.24, 2.45) is 0 Å². The number of carbonyl (C=O) groups is 2. The summed E-state index contributed by atoms with van der Waals surface area (Å²) in [5.74, 6) is -2.47. The van der Waals surface area contributed by atoms with Gasteiger partial charge in [0.25, 0.3) is 5.91 Å². The Morgan fingerprint density at radius 1 is 0.978 bits per heavy atom. The topological polar surface area (TPSA) is 156 Å². The number of hydrogen-bond acceptors (Lipinski definition) is 8. The van der Waals surface area contributed by atoms with Gasteiger partial charge in [-0.1, -0.05) is 54.1 Å². The van der Waals surface area contributed by atoms with Gasteiger partial charge >= 0.3 is 6.18 Å². The molecule has 3 aromatic rings. The first-order chi connectivity index (χ1) is 21.8. The van der Waals surface area contributed by atoms with Crippen LogP contribution in [0.3, 0.4) is 0 Å². The van der Waals surface area contributed by atoms with Crippen molar-refractivity contribution in [3.05, 3.63) is 76.6 Å². The molecule has 0 radical (unpaired) electrons. The van der Waals surface area contributed by atoms with Gasteiger partial charge in [-0.25, -0.2) is 9.97 Å². The van der Waals surface area contributed by atoms with Gasteiger partial charge in [-0.3, -0.25) is 4.79 Å². The van der Waals surface area contributed by atoms with Crippen molar-refractivity contribution < 1.29 is 37.1 Å². The number of quaternary nitrogens is 1. The third kappa shape index (κ3) is 11.4. The van der Waals surface area contributed by atoms with Crippen molar-refractivity contribution in [3.63, 3.8) is 0 Å². The van der Waals surface area contributed by atoms with E-state index in [1.165, 1.54) is 11.1 Å². The highest BCUT2D eigenvalue weighted by Crippen LogP contribution is 2.24. The van der Waals surface area contributed by atoms with Crippen LogP contribution >= 0.6 is 11.6 Å². The molecule has 1 aliphatic rings. The van der Waals surface area contributed by atoms with E-state index in [9.17, 15) is 18.0 Å². The minimum atomic E-state index is -5.19. The highest BCUT2D eigenvalue weighted by Gasteiger charge is 2.35. The summed E-state index contributed by atoms with van der Waals surface area (Å²) in [7, 11) is 1.69. The van der Waals surface area contributed by atoms with Crippen molar-refractivity contribution >= 4 is 35.1 Å². The number of nitrogens with two attached hydrogens (primary N) is 2. The third-order valence-electron chi connectivity index (χ3n) is 7.93. The molecule has 0 saturated carbocycles. The molecule has 4 rings (SSSR count). The molecule has 1 aliphatic heterocycles. The van der Waals surface area contributed by atoms with E-state index in [-0.39, 0.29) is 34.4 Å². The van der Waals surface area contributed by atoms with Crippen LogP contribution in [0.1, 0.15) is 53.7 Å². The predicted molar refractivity (Wildman–Crippen MR) is 168 cm³/mol. The molecule has 0 bridgehead atoms. The number of amides is 1. The Kier molecular flexibility index (Phi) is 13.4. The molecule has 5 N–H and O–H groups in total. The maximum absolute atomic E-state index is 13.1. The van der Waals surface area contributed by atoms with Crippen LogP contribution in [-0.2, 0) is 17.6 Å². The number of anilines is 2. The van der Waals surface area contributed by atoms with Crippen molar-refractivity contribution in [2.75, 3.05) is 44.8 Å². The normalized spacial score (nSPS) is 17.8. The van der Waals surface area contributed by atoms with E-state index in [0.717, 1.165) is 81.4 Å². The zero-order chi connectivity index (χ0) is 33.7. The largest absolute Gasteiger partial charge is 0.542 e. The number of benzene rings is 2. The van der Waals surface area contributed by atoms with Crippen LogP contribution in [-0.4, -0.2) is 71.8 Å². The summed E-state index contributed by atoms with van der Waals surface area (Å²) in [5.41, 5.74) is 14.3. The van der Waals surface area contributed by atoms with Gasteiger partial charge in [-0.15, -0.1) is 0 Å². The molecular weight excluding hydrogens is 625 g/mol. The van der Waals surface area contributed by atoms with Crippen LogP contribution in [0, 0.1) is 0 Å². The first kappa shape index (κ1) is 36.4. The molecule has 46 heavy (non-hydrogen) atoms. The number of aromatic nitrogens is 2. The van der Waals surface area contributed by atoms with Crippen LogP contribution in [0.15, 0.2) is 54.6 Å². The molecule has 1 fully saturated rings. The minimum Gasteiger partial charge on any atom is -0.542 e. The Hall–Kier alpha value is -4.10. The van der Waals surface area contributed by atoms with Gasteiger partial charge in [-0.2, -0.15) is 13.2 Å². The summed E-state index contributed by atoms with van der Waals surface area (Å²) in [6.45, 7) is 4.17. The molecule has 0 aliphatic carbocycles. The van der Waals surface area contributed by atoms with Gasteiger partial charge in [0.05, 0.1) is 39.3 Å². The summed E-state index contributed by atoms with van der Waals surface area (Å²) in [4.78, 5) is 29.9. The number of carbonyl (C=O) groups excluding carboxylic acids is 2. The second-order valence-corrected chi connectivity index (χ2v) is 11.7. The van der Waals surface area contributed by atoms with E-state index < -0.39 is 12.1 Å². The molecule has 1 amide bonds. The molecule has 2 unspecified atom stereocenters. The van der Waals surface area contributed by atoms with E-state index in [1.807, 2.05) is 12.1 Å². The fourth-order valence-electron chi connectivity index (χ4n) is 5.65. The zero-order valence-electron chi connectivity index (χ0n) is 25.7. The number of aryl methyl sites for hydroxylation is 2. The Morgan fingerprint density at radius 3 is 2.22 bits per heavy atom. The van der Waals surface area contributed by atoms with E-state index in [1.54, 1.807) is 7.11 Å². The number of aliphatic carboxylic acids is 1. The van der Waals surface area contributed by atoms with Crippen LogP contribution in [0.25, 0.3) is 0 Å². The number of likely N-dealkylation sites (tertiary alicyclic amines) is 1. The number of alkyl halides is 3. The average Bonchev–Trinajstić information content (AvgIpc) is 3.02. The van der Waals surface area contributed by atoms with E-state index in [0.29, 0.717) is 0 Å². The van der Waals surface area contributed by atoms with Crippen molar-refractivity contribution in [3.8, 4) is 5.75 Å². The zero-order valence-corrected chi connectivity index (χ0v) is 26.4. The molecule has 250 valence electrons. The highest BCUT2D eigenvalue weighted by molar-refractivity contribution is 6.31. The second kappa shape index (κ2) is 17.0. The standard InChI is InChI=1S/C30H39ClN6O2.C2HF3O2/c1-39-25-16-14-23(15-17-25)12-7-19-37(18-6-5-11-22-9-3-2-4-10-22)20-8-13-24(21-37)34-30(38)26-28(32)36-29(33)27(31)35-26;3-2(4,5)1(6)7/h2-4,9-10,14-17,24H,5-8,11-13,18-21H2,1H3,(H4-,32,33,34,36,38);(H,6,7). The number of ether oxygens (including phenoxy) is 1. The fraction of sp³-hybridized carbons (Fsp3) is 0.438. The molecule has 1 aromatic heterocycles. The lowest BCUT2D eigenvalue weighted by Crippen LogP contribution is -2.60. The number of nitrogen functional groups attached to an aromatic ring is 2. The lowest BCUT2D eigenvalue weighted by atomic mass is 9.99. The summed E-state index contributed by atoms with van der Waals surface area (Å²) < 4.78 is 37.8. The monoisotopic (exact) mass is 664 g/mol. The maximum atomic E-state index is 13.1. The van der Waals surface area contributed by atoms with Gasteiger partial charge in [-0.05, 0) is 61.8 Å². The SMILES string of the molecule is COc1ccc(CCC[N+]2(CCCCc3ccccc3)CCCC(NC(=O)c3nc(Cl)c(N)nc3N)C2)cc1.O=C([O-])C(F)(F)F. The number of halogens is 4. The number of methoxy groups -OCH3 is 1. The molecular formula is C32H40ClF3N6O4. The first-order valence-corrected chi connectivity index (χ1v) is 15.4. The van der Waals surface area contributed by atoms with Gasteiger partial charge in [0.2, 0.25) is 0 Å². The smallest absolute Gasteiger partial charge is 0.430 e. The molecule has 2 aromatic carbocycles. The lowest BCUT2D eigenvalue weighted by Gasteiger charge is -2.45. The van der Waals surface area contributed by atoms with E-state index in [4.69, 9.17) is 37.7 Å². The summed E-state index contributed by atoms with van der Waals surface area (Å²) in [6.07, 6.45) is 2.25. The number of carboxylic acid groups (broad SMARTS) is 1.